The predicted molar refractivity (Wildman–Crippen MR) is 158 cm³/mol. The van der Waals surface area contributed by atoms with Crippen LogP contribution in [0.25, 0.3) is 0 Å². The van der Waals surface area contributed by atoms with Crippen molar-refractivity contribution >= 4 is 0 Å². The second-order valence-electron chi connectivity index (χ2n) is 8.73. The van der Waals surface area contributed by atoms with Crippen LogP contribution in [0.5, 0.6) is 0 Å². The van der Waals surface area contributed by atoms with E-state index in [4.69, 9.17) is 0 Å². The minimum Gasteiger partial charge on any atom is -0.277 e. The highest BCUT2D eigenvalue weighted by atomic mass is 15.6. The van der Waals surface area contributed by atoms with Gasteiger partial charge in [-0.1, -0.05) is 54.7 Å². The highest BCUT2D eigenvalue weighted by molar-refractivity contribution is 5.00. The van der Waals surface area contributed by atoms with E-state index in [9.17, 15) is 0 Å². The lowest BCUT2D eigenvalue weighted by molar-refractivity contribution is -0.125. The molecule has 0 spiro atoms. The number of hydrogen-bond acceptors (Lipinski definition) is 6. The standard InChI is InChI=1S/C30H48N6/c1-10-19-31(20-11-2)28(16-7)34-25-35(29(17-8)32(21-12-3)22-13-4)27-36(26-34)30(18-9)33(23-14-5)24-15-6/h10-18,28-30H,1-9,19-27H2/t28-,29?,30?/m0/s1. The molecule has 0 bridgehead atoms. The van der Waals surface area contributed by atoms with Crippen LogP contribution in [-0.2, 0) is 0 Å². The lowest BCUT2D eigenvalue weighted by Gasteiger charge is -2.52. The van der Waals surface area contributed by atoms with Gasteiger partial charge in [0.2, 0.25) is 0 Å². The topological polar surface area (TPSA) is 19.4 Å². The summed E-state index contributed by atoms with van der Waals surface area (Å²) in [5.41, 5.74) is 0. The lowest BCUT2D eigenvalue weighted by Crippen LogP contribution is -2.67. The molecule has 0 saturated carbocycles. The molecule has 1 aliphatic heterocycles. The van der Waals surface area contributed by atoms with E-state index in [2.05, 4.69) is 88.6 Å². The van der Waals surface area contributed by atoms with Gasteiger partial charge in [0, 0.05) is 39.3 Å². The first-order valence-electron chi connectivity index (χ1n) is 12.5. The molecule has 1 aliphatic rings. The third-order valence-corrected chi connectivity index (χ3v) is 6.15. The van der Waals surface area contributed by atoms with Gasteiger partial charge in [0.15, 0.2) is 0 Å². The molecule has 2 unspecified atom stereocenters. The molecular formula is C30H48N6. The zero-order chi connectivity index (χ0) is 26.9. The van der Waals surface area contributed by atoms with E-state index in [1.165, 1.54) is 0 Å². The van der Waals surface area contributed by atoms with Gasteiger partial charge in [-0.15, -0.1) is 59.2 Å². The van der Waals surface area contributed by atoms with E-state index in [1.54, 1.807) is 0 Å². The summed E-state index contributed by atoms with van der Waals surface area (Å²) >= 11 is 0. The zero-order valence-electron chi connectivity index (χ0n) is 22.3. The Hall–Kier alpha value is -2.58. The van der Waals surface area contributed by atoms with Gasteiger partial charge in [-0.25, -0.2) is 0 Å². The maximum absolute atomic E-state index is 4.19. The molecule has 1 saturated heterocycles. The number of hydrogen-bond donors (Lipinski definition) is 0. The monoisotopic (exact) mass is 492 g/mol. The number of nitrogens with zero attached hydrogens (tertiary/aromatic N) is 6. The predicted octanol–water partition coefficient (Wildman–Crippen LogP) is 4.34. The van der Waals surface area contributed by atoms with E-state index < -0.39 is 0 Å². The Kier molecular flexibility index (Phi) is 15.5. The van der Waals surface area contributed by atoms with Gasteiger partial charge in [0.05, 0.1) is 38.5 Å². The maximum atomic E-state index is 4.19. The summed E-state index contributed by atoms with van der Waals surface area (Å²) in [7, 11) is 0. The normalized spacial score (nSPS) is 17.8. The van der Waals surface area contributed by atoms with Crippen LogP contribution in [0.3, 0.4) is 0 Å². The molecule has 3 atom stereocenters. The van der Waals surface area contributed by atoms with E-state index >= 15 is 0 Å². The Bertz CT molecular complexity index is 623. The number of rotatable bonds is 21. The summed E-state index contributed by atoms with van der Waals surface area (Å²) in [6.45, 7) is 42.9. The highest BCUT2D eigenvalue weighted by Gasteiger charge is 2.36. The van der Waals surface area contributed by atoms with Gasteiger partial charge >= 0.3 is 0 Å². The van der Waals surface area contributed by atoms with Crippen LogP contribution < -0.4 is 0 Å². The average molecular weight is 493 g/mol. The fourth-order valence-electron chi connectivity index (χ4n) is 4.79. The molecule has 6 nitrogen and oxygen atoms in total. The molecule has 0 N–H and O–H groups in total. The van der Waals surface area contributed by atoms with Crippen molar-refractivity contribution in [2.24, 2.45) is 0 Å². The van der Waals surface area contributed by atoms with E-state index in [1.807, 2.05) is 54.7 Å². The molecule has 0 amide bonds. The largest absolute Gasteiger partial charge is 0.277 e. The summed E-state index contributed by atoms with van der Waals surface area (Å²) in [6, 6.07) is 0. The molecule has 0 radical (unpaired) electrons. The smallest absolute Gasteiger partial charge is 0.0838 e. The summed E-state index contributed by atoms with van der Waals surface area (Å²) in [6.07, 6.45) is 17.5. The fraction of sp³-hybridized carbons (Fsp3) is 0.400. The van der Waals surface area contributed by atoms with E-state index in [-0.39, 0.29) is 18.5 Å². The molecule has 1 fully saturated rings. The molecule has 36 heavy (non-hydrogen) atoms. The Balaban J connectivity index is 3.49. The highest BCUT2D eigenvalue weighted by Crippen LogP contribution is 2.22. The Morgan fingerprint density at radius 3 is 0.750 bits per heavy atom. The second kappa shape index (κ2) is 17.8. The first-order chi connectivity index (χ1) is 17.5. The van der Waals surface area contributed by atoms with Crippen molar-refractivity contribution in [3.8, 4) is 0 Å². The first-order valence-corrected chi connectivity index (χ1v) is 12.5. The Labute approximate surface area is 221 Å². The molecular weight excluding hydrogens is 444 g/mol. The molecule has 0 aliphatic carbocycles. The fourth-order valence-corrected chi connectivity index (χ4v) is 4.79. The lowest BCUT2D eigenvalue weighted by atomic mass is 10.2. The average Bonchev–Trinajstić information content (AvgIpc) is 2.86. The Morgan fingerprint density at radius 1 is 0.417 bits per heavy atom. The molecule has 0 aromatic carbocycles. The van der Waals surface area contributed by atoms with E-state index in [0.29, 0.717) is 0 Å². The van der Waals surface area contributed by atoms with Gasteiger partial charge in [0.1, 0.15) is 0 Å². The second-order valence-corrected chi connectivity index (χ2v) is 8.73. The third-order valence-electron chi connectivity index (χ3n) is 6.15. The summed E-state index contributed by atoms with van der Waals surface area (Å²) < 4.78 is 0. The van der Waals surface area contributed by atoms with Crippen LogP contribution in [0.15, 0.2) is 114 Å². The van der Waals surface area contributed by atoms with Crippen LogP contribution in [0.2, 0.25) is 0 Å². The quantitative estimate of drug-likeness (QED) is 0.221. The minimum absolute atomic E-state index is 0.0123. The van der Waals surface area contributed by atoms with Crippen LogP contribution in [-0.4, -0.2) is 107 Å². The molecule has 0 aromatic heterocycles. The van der Waals surface area contributed by atoms with Gasteiger partial charge in [0.25, 0.3) is 0 Å². The van der Waals surface area contributed by atoms with Crippen LogP contribution >= 0.6 is 0 Å². The van der Waals surface area contributed by atoms with Crippen molar-refractivity contribution in [2.75, 3.05) is 59.3 Å². The van der Waals surface area contributed by atoms with Crippen molar-refractivity contribution in [1.29, 1.82) is 0 Å². The molecule has 1 heterocycles. The van der Waals surface area contributed by atoms with Gasteiger partial charge in [-0.05, 0) is 0 Å². The van der Waals surface area contributed by atoms with Crippen molar-refractivity contribution in [2.45, 2.75) is 18.5 Å². The van der Waals surface area contributed by atoms with Crippen LogP contribution in [0.4, 0.5) is 0 Å². The SMILES string of the molecule is C=CCN(CC=C)C(C=C)N1CN(C(C=C)N(CC=C)CC=C)CN([C@@H](C=C)N(CC=C)CC=C)C1. The Morgan fingerprint density at radius 2 is 0.611 bits per heavy atom. The van der Waals surface area contributed by atoms with Crippen molar-refractivity contribution in [3.63, 3.8) is 0 Å². The van der Waals surface area contributed by atoms with Gasteiger partial charge in [-0.2, -0.15) is 0 Å². The summed E-state index contributed by atoms with van der Waals surface area (Å²) in [4.78, 5) is 14.1. The minimum atomic E-state index is -0.0123. The molecule has 1 rings (SSSR count). The molecule has 198 valence electrons. The van der Waals surface area contributed by atoms with Crippen LogP contribution in [0.1, 0.15) is 0 Å². The zero-order valence-corrected chi connectivity index (χ0v) is 22.3. The van der Waals surface area contributed by atoms with Crippen molar-refractivity contribution in [3.05, 3.63) is 114 Å². The van der Waals surface area contributed by atoms with Crippen molar-refractivity contribution in [1.82, 2.24) is 29.4 Å². The van der Waals surface area contributed by atoms with E-state index in [0.717, 1.165) is 59.3 Å². The molecule has 6 heteroatoms. The maximum Gasteiger partial charge on any atom is 0.0838 e. The van der Waals surface area contributed by atoms with Crippen molar-refractivity contribution < 1.29 is 0 Å². The van der Waals surface area contributed by atoms with Crippen LogP contribution in [0, 0.1) is 0 Å². The van der Waals surface area contributed by atoms with Gasteiger partial charge in [-0.3, -0.25) is 29.4 Å². The third kappa shape index (κ3) is 8.82. The summed E-state index contributed by atoms with van der Waals surface area (Å²) in [5, 5.41) is 0. The van der Waals surface area contributed by atoms with Gasteiger partial charge < -0.3 is 0 Å². The first kappa shape index (κ1) is 31.4. The summed E-state index contributed by atoms with van der Waals surface area (Å²) in [5.74, 6) is 0. The molecule has 0 aromatic rings.